The summed E-state index contributed by atoms with van der Waals surface area (Å²) in [7, 11) is 0. The van der Waals surface area contributed by atoms with E-state index in [0.717, 1.165) is 25.1 Å². The molecule has 0 aliphatic carbocycles. The van der Waals surface area contributed by atoms with E-state index in [4.69, 9.17) is 4.52 Å². The van der Waals surface area contributed by atoms with Gasteiger partial charge in [-0.1, -0.05) is 5.16 Å². The lowest BCUT2D eigenvalue weighted by Gasteiger charge is -2.34. The molecule has 1 saturated heterocycles. The number of halogens is 1. The fourth-order valence-electron chi connectivity index (χ4n) is 3.21. The third-order valence-electron chi connectivity index (χ3n) is 4.43. The molecule has 4 rings (SSSR count). The first-order valence-corrected chi connectivity index (χ1v) is 9.15. The van der Waals surface area contributed by atoms with E-state index < -0.39 is 5.67 Å². The molecule has 1 unspecified atom stereocenters. The minimum atomic E-state index is -1.60. The number of hydrogen-bond acceptors (Lipinski definition) is 6. The zero-order valence-electron chi connectivity index (χ0n) is 14.0. The van der Waals surface area contributed by atoms with Crippen molar-refractivity contribution in [2.75, 3.05) is 13.1 Å². The van der Waals surface area contributed by atoms with Gasteiger partial charge < -0.3 is 4.52 Å². The molecule has 5 nitrogen and oxygen atoms in total. The van der Waals surface area contributed by atoms with Crippen molar-refractivity contribution in [1.29, 1.82) is 0 Å². The van der Waals surface area contributed by atoms with Crippen molar-refractivity contribution in [1.82, 2.24) is 20.0 Å². The summed E-state index contributed by atoms with van der Waals surface area (Å²) >= 11 is 1.76. The smallest absolute Gasteiger partial charge is 0.265 e. The zero-order valence-corrected chi connectivity index (χ0v) is 14.8. The van der Waals surface area contributed by atoms with Crippen molar-refractivity contribution in [3.63, 3.8) is 0 Å². The quantitative estimate of drug-likeness (QED) is 0.706. The van der Waals surface area contributed by atoms with Crippen LogP contribution in [0.2, 0.25) is 0 Å². The van der Waals surface area contributed by atoms with Crippen LogP contribution in [0.3, 0.4) is 0 Å². The van der Waals surface area contributed by atoms with Crippen LogP contribution >= 0.6 is 11.3 Å². The summed E-state index contributed by atoms with van der Waals surface area (Å²) in [6.07, 6.45) is 4.49. The van der Waals surface area contributed by atoms with Crippen molar-refractivity contribution >= 4 is 11.3 Å². The molecule has 4 heterocycles. The molecule has 0 spiro atoms. The Kier molecular flexibility index (Phi) is 4.35. The lowest BCUT2D eigenvalue weighted by molar-refractivity contribution is 0.0128. The highest BCUT2D eigenvalue weighted by Gasteiger charge is 2.42. The Morgan fingerprint density at radius 3 is 3.04 bits per heavy atom. The van der Waals surface area contributed by atoms with Gasteiger partial charge in [-0.3, -0.25) is 9.88 Å². The number of rotatable bonds is 4. The normalized spacial score (nSPS) is 21.5. The van der Waals surface area contributed by atoms with Gasteiger partial charge in [0.1, 0.15) is 0 Å². The third-order valence-corrected chi connectivity index (χ3v) is 5.41. The summed E-state index contributed by atoms with van der Waals surface area (Å²) in [5.74, 6) is 0.449. The average molecular weight is 358 g/mol. The van der Waals surface area contributed by atoms with Crippen molar-refractivity contribution in [3.8, 4) is 11.4 Å². The van der Waals surface area contributed by atoms with Crippen LogP contribution in [0.4, 0.5) is 4.39 Å². The molecular weight excluding hydrogens is 339 g/mol. The Labute approximate surface area is 149 Å². The molecule has 0 amide bonds. The molecule has 3 aromatic heterocycles. The van der Waals surface area contributed by atoms with E-state index in [1.54, 1.807) is 29.8 Å². The summed E-state index contributed by atoms with van der Waals surface area (Å²) in [5, 5.41) is 3.94. The minimum absolute atomic E-state index is 0.0680. The molecule has 25 heavy (non-hydrogen) atoms. The van der Waals surface area contributed by atoms with Gasteiger partial charge >= 0.3 is 0 Å². The standard InChI is InChI=1S/C18H19FN4OS/c1-13-5-6-15(25-13)11-23-9-3-7-18(19,12-23)17-21-16(22-24-17)14-4-2-8-20-10-14/h2,4-6,8,10H,3,7,9,11-12H2,1H3. The average Bonchev–Trinajstić information content (AvgIpc) is 3.26. The second-order valence-corrected chi connectivity index (χ2v) is 7.83. The minimum Gasteiger partial charge on any atom is -0.335 e. The number of likely N-dealkylation sites (tertiary alicyclic amines) is 1. The van der Waals surface area contributed by atoms with Gasteiger partial charge in [0.2, 0.25) is 11.5 Å². The van der Waals surface area contributed by atoms with E-state index in [9.17, 15) is 0 Å². The number of aryl methyl sites for hydroxylation is 1. The Bertz CT molecular complexity index is 850. The molecule has 7 heteroatoms. The van der Waals surface area contributed by atoms with Gasteiger partial charge in [-0.05, 0) is 50.6 Å². The molecule has 3 aromatic rings. The molecule has 1 atom stereocenters. The number of alkyl halides is 1. The number of pyridine rings is 1. The van der Waals surface area contributed by atoms with Gasteiger partial charge in [0, 0.05) is 40.8 Å². The molecule has 130 valence electrons. The Hall–Kier alpha value is -2.12. The first-order valence-electron chi connectivity index (χ1n) is 8.34. The first kappa shape index (κ1) is 16.4. The number of hydrogen-bond donors (Lipinski definition) is 0. The topological polar surface area (TPSA) is 55.1 Å². The SMILES string of the molecule is Cc1ccc(CN2CCCC(F)(c3nc(-c4cccnc4)no3)C2)s1. The number of piperidine rings is 1. The number of aromatic nitrogens is 3. The maximum Gasteiger partial charge on any atom is 0.265 e. The predicted octanol–water partition coefficient (Wildman–Crippen LogP) is 3.96. The van der Waals surface area contributed by atoms with Crippen LogP contribution in [0.15, 0.2) is 41.2 Å². The predicted molar refractivity (Wildman–Crippen MR) is 93.9 cm³/mol. The maximum atomic E-state index is 15.5. The van der Waals surface area contributed by atoms with E-state index in [-0.39, 0.29) is 12.4 Å². The van der Waals surface area contributed by atoms with Crippen molar-refractivity contribution in [2.45, 2.75) is 32.0 Å². The molecule has 0 radical (unpaired) electrons. The fraction of sp³-hybridized carbons (Fsp3) is 0.389. The fourth-order valence-corrected chi connectivity index (χ4v) is 4.15. The van der Waals surface area contributed by atoms with E-state index in [0.29, 0.717) is 12.2 Å². The lowest BCUT2D eigenvalue weighted by atomic mass is 9.94. The van der Waals surface area contributed by atoms with Gasteiger partial charge in [-0.25, -0.2) is 4.39 Å². The van der Waals surface area contributed by atoms with Crippen molar-refractivity contribution in [2.24, 2.45) is 0 Å². The van der Waals surface area contributed by atoms with Gasteiger partial charge in [0.25, 0.3) is 5.89 Å². The summed E-state index contributed by atoms with van der Waals surface area (Å²) in [4.78, 5) is 13.0. The van der Waals surface area contributed by atoms with Gasteiger partial charge in [-0.15, -0.1) is 11.3 Å². The molecule has 1 fully saturated rings. The number of nitrogens with zero attached hydrogens (tertiary/aromatic N) is 4. The monoisotopic (exact) mass is 358 g/mol. The van der Waals surface area contributed by atoms with E-state index >= 15 is 4.39 Å². The van der Waals surface area contributed by atoms with Crippen LogP contribution in [-0.2, 0) is 12.2 Å². The molecular formula is C18H19FN4OS. The van der Waals surface area contributed by atoms with E-state index in [1.165, 1.54) is 9.75 Å². The summed E-state index contributed by atoms with van der Waals surface area (Å²) < 4.78 is 20.8. The van der Waals surface area contributed by atoms with Gasteiger partial charge in [0.15, 0.2) is 0 Å². The molecule has 1 aliphatic heterocycles. The van der Waals surface area contributed by atoms with Crippen LogP contribution in [0.1, 0.15) is 28.5 Å². The van der Waals surface area contributed by atoms with Gasteiger partial charge in [0.05, 0.1) is 0 Å². The largest absolute Gasteiger partial charge is 0.335 e. The highest BCUT2D eigenvalue weighted by atomic mass is 32.1. The van der Waals surface area contributed by atoms with Gasteiger partial charge in [-0.2, -0.15) is 4.98 Å². The van der Waals surface area contributed by atoms with Crippen LogP contribution in [0, 0.1) is 6.92 Å². The highest BCUT2D eigenvalue weighted by molar-refractivity contribution is 7.11. The molecule has 0 bridgehead atoms. The van der Waals surface area contributed by atoms with E-state index in [1.807, 2.05) is 6.07 Å². The zero-order chi connectivity index (χ0) is 17.3. The van der Waals surface area contributed by atoms with Crippen molar-refractivity contribution in [3.05, 3.63) is 52.3 Å². The first-order chi connectivity index (χ1) is 12.1. The Morgan fingerprint density at radius 1 is 1.36 bits per heavy atom. The summed E-state index contributed by atoms with van der Waals surface area (Å²) in [5.41, 5.74) is -0.874. The lowest BCUT2D eigenvalue weighted by Crippen LogP contribution is -2.43. The Morgan fingerprint density at radius 2 is 2.28 bits per heavy atom. The highest BCUT2D eigenvalue weighted by Crippen LogP contribution is 2.36. The summed E-state index contributed by atoms with van der Waals surface area (Å²) in [6.45, 7) is 4.00. The van der Waals surface area contributed by atoms with Crippen LogP contribution in [-0.4, -0.2) is 33.1 Å². The molecule has 0 aromatic carbocycles. The van der Waals surface area contributed by atoms with Crippen molar-refractivity contribution < 1.29 is 8.91 Å². The third kappa shape index (κ3) is 3.48. The Balaban J connectivity index is 1.52. The molecule has 0 saturated carbocycles. The van der Waals surface area contributed by atoms with Crippen LogP contribution < -0.4 is 0 Å². The maximum absolute atomic E-state index is 15.5. The van der Waals surface area contributed by atoms with Crippen LogP contribution in [0.25, 0.3) is 11.4 Å². The molecule has 1 aliphatic rings. The van der Waals surface area contributed by atoms with E-state index in [2.05, 4.69) is 39.1 Å². The second kappa shape index (κ2) is 6.65. The summed E-state index contributed by atoms with van der Waals surface area (Å²) in [6, 6.07) is 7.84. The second-order valence-electron chi connectivity index (χ2n) is 6.46. The number of thiophene rings is 1. The molecule has 0 N–H and O–H groups in total. The van der Waals surface area contributed by atoms with Crippen LogP contribution in [0.5, 0.6) is 0 Å².